The third-order valence-electron chi connectivity index (χ3n) is 4.15. The zero-order chi connectivity index (χ0) is 18.9. The third kappa shape index (κ3) is 3.14. The zero-order valence-electron chi connectivity index (χ0n) is 15.2. The summed E-state index contributed by atoms with van der Waals surface area (Å²) in [4.78, 5) is 7.92. The van der Waals surface area contributed by atoms with Gasteiger partial charge in [-0.3, -0.25) is 4.99 Å². The number of aromatic nitrogens is 2. The van der Waals surface area contributed by atoms with Crippen LogP contribution in [0.25, 0.3) is 10.5 Å². The maximum atomic E-state index is 10.5. The van der Waals surface area contributed by atoms with Gasteiger partial charge < -0.3 is 5.11 Å². The van der Waals surface area contributed by atoms with Gasteiger partial charge in [-0.15, -0.1) is 10.2 Å². The predicted molar refractivity (Wildman–Crippen MR) is 99.9 cm³/mol. The lowest BCUT2D eigenvalue weighted by atomic mass is 9.86. The molecule has 26 heavy (non-hydrogen) atoms. The van der Waals surface area contributed by atoms with E-state index in [4.69, 9.17) is 6.57 Å². The highest BCUT2D eigenvalue weighted by atomic mass is 16.3. The van der Waals surface area contributed by atoms with Gasteiger partial charge in [0.2, 0.25) is 11.6 Å². The van der Waals surface area contributed by atoms with Crippen LogP contribution in [-0.4, -0.2) is 27.3 Å². The van der Waals surface area contributed by atoms with Crippen molar-refractivity contribution in [2.75, 3.05) is 6.54 Å². The first-order chi connectivity index (χ1) is 12.3. The Morgan fingerprint density at radius 2 is 1.88 bits per heavy atom. The van der Waals surface area contributed by atoms with Gasteiger partial charge in [-0.25, -0.2) is 4.85 Å². The van der Waals surface area contributed by atoms with E-state index in [1.807, 2.05) is 51.1 Å². The largest absolute Gasteiger partial charge is 0.492 e. The van der Waals surface area contributed by atoms with Gasteiger partial charge in [-0.05, 0) is 30.0 Å². The summed E-state index contributed by atoms with van der Waals surface area (Å²) in [5, 5.41) is 23.1. The van der Waals surface area contributed by atoms with Crippen molar-refractivity contribution in [2.45, 2.75) is 27.7 Å². The van der Waals surface area contributed by atoms with E-state index in [0.29, 0.717) is 23.8 Å². The number of amidine groups is 1. The van der Waals surface area contributed by atoms with Crippen molar-refractivity contribution in [1.29, 1.82) is 0 Å². The van der Waals surface area contributed by atoms with Crippen molar-refractivity contribution in [1.82, 2.24) is 9.78 Å². The van der Waals surface area contributed by atoms with Gasteiger partial charge in [0.25, 0.3) is 0 Å². The number of hydrogen-bond donors (Lipinski definition) is 1. The van der Waals surface area contributed by atoms with E-state index < -0.39 is 0 Å². The molecule has 0 saturated heterocycles. The Morgan fingerprint density at radius 1 is 1.19 bits per heavy atom. The quantitative estimate of drug-likeness (QED) is 0.636. The summed E-state index contributed by atoms with van der Waals surface area (Å²) >= 11 is 0. The molecule has 0 amide bonds. The van der Waals surface area contributed by atoms with Crippen LogP contribution in [0.4, 0.5) is 5.69 Å². The molecule has 3 rings (SSSR count). The lowest BCUT2D eigenvalue weighted by Crippen LogP contribution is -2.12. The summed E-state index contributed by atoms with van der Waals surface area (Å²) in [5.41, 5.74) is 2.76. The number of aryl methyl sites for hydroxylation is 1. The van der Waals surface area contributed by atoms with Crippen LogP contribution in [0.2, 0.25) is 0 Å². The average Bonchev–Trinajstić information content (AvgIpc) is 3.14. The Kier molecular flexibility index (Phi) is 4.43. The molecule has 7 heteroatoms. The van der Waals surface area contributed by atoms with Crippen molar-refractivity contribution >= 4 is 11.5 Å². The van der Waals surface area contributed by atoms with Crippen LogP contribution in [0.3, 0.4) is 0 Å². The first-order valence-electron chi connectivity index (χ1n) is 8.24. The minimum absolute atomic E-state index is 0.0968. The van der Waals surface area contributed by atoms with E-state index >= 15 is 0 Å². The van der Waals surface area contributed by atoms with Crippen LogP contribution in [-0.2, 0) is 0 Å². The molecular weight excluding hydrogens is 328 g/mol. The number of benzene rings is 1. The van der Waals surface area contributed by atoms with E-state index in [9.17, 15) is 5.11 Å². The molecule has 1 aromatic heterocycles. The fourth-order valence-electron chi connectivity index (χ4n) is 2.70. The topological polar surface area (TPSA) is 79.5 Å². The van der Waals surface area contributed by atoms with Gasteiger partial charge in [0.1, 0.15) is 0 Å². The van der Waals surface area contributed by atoms with Crippen molar-refractivity contribution in [3.8, 4) is 11.6 Å². The lowest BCUT2D eigenvalue weighted by molar-refractivity contribution is 0.434. The average molecular weight is 348 g/mol. The van der Waals surface area contributed by atoms with E-state index in [1.54, 1.807) is 6.92 Å². The normalized spacial score (nSPS) is 14.8. The van der Waals surface area contributed by atoms with Gasteiger partial charge in [-0.2, -0.15) is 9.78 Å². The molecule has 132 valence electrons. The van der Waals surface area contributed by atoms with Crippen molar-refractivity contribution in [2.24, 2.45) is 20.6 Å². The molecule has 0 bridgehead atoms. The van der Waals surface area contributed by atoms with Crippen LogP contribution in [0.5, 0.6) is 5.88 Å². The van der Waals surface area contributed by atoms with Crippen LogP contribution in [0.1, 0.15) is 26.5 Å². The Labute approximate surface area is 152 Å². The molecule has 0 aliphatic carbocycles. The Morgan fingerprint density at radius 3 is 2.50 bits per heavy atom. The second-order valence-corrected chi connectivity index (χ2v) is 7.03. The monoisotopic (exact) mass is 348 g/mol. The van der Waals surface area contributed by atoms with Crippen molar-refractivity contribution in [3.05, 3.63) is 58.7 Å². The molecule has 2 aromatic rings. The van der Waals surface area contributed by atoms with Crippen LogP contribution in [0.15, 0.2) is 56.8 Å². The summed E-state index contributed by atoms with van der Waals surface area (Å²) in [6.07, 6.45) is 0. The molecule has 1 aliphatic heterocycles. The lowest BCUT2D eigenvalue weighted by Gasteiger charge is -2.20. The minimum atomic E-state index is -0.156. The number of azo groups is 1. The number of aromatic hydroxyl groups is 1. The van der Waals surface area contributed by atoms with Crippen molar-refractivity contribution in [3.63, 3.8) is 0 Å². The molecule has 0 saturated carbocycles. The zero-order valence-corrected chi connectivity index (χ0v) is 15.2. The molecule has 0 fully saturated rings. The second kappa shape index (κ2) is 6.56. The van der Waals surface area contributed by atoms with Crippen LogP contribution >= 0.6 is 0 Å². The predicted octanol–water partition coefficient (Wildman–Crippen LogP) is 4.60. The molecule has 2 heterocycles. The molecule has 0 radical (unpaired) electrons. The molecule has 7 nitrogen and oxygen atoms in total. The van der Waals surface area contributed by atoms with Gasteiger partial charge in [0, 0.05) is 0 Å². The summed E-state index contributed by atoms with van der Waals surface area (Å²) in [6.45, 7) is 15.8. The second-order valence-electron chi connectivity index (χ2n) is 7.03. The SMILES string of the molecule is [C-]#[N+]C1=C(C(C)(C)C)CN=C1/N=N/c1c(C)nn(-c2ccccc2)c1O. The van der Waals surface area contributed by atoms with E-state index in [-0.39, 0.29) is 17.0 Å². The molecule has 1 aliphatic rings. The molecule has 1 N–H and O–H groups in total. The Bertz CT molecular complexity index is 968. The highest BCUT2D eigenvalue weighted by Gasteiger charge is 2.28. The molecule has 0 spiro atoms. The maximum Gasteiger partial charge on any atom is 0.243 e. The standard InChI is InChI=1S/C19H20N6O/c1-12-15(18(26)25(24-12)13-9-7-6-8-10-13)22-23-17-16(20-5)14(11-21-17)19(2,3)4/h6-10,26H,11H2,1-4H3/b23-22+. The van der Waals surface area contributed by atoms with Gasteiger partial charge in [0.15, 0.2) is 11.5 Å². The van der Waals surface area contributed by atoms with Gasteiger partial charge in [-0.1, -0.05) is 39.0 Å². The first kappa shape index (κ1) is 17.5. The summed E-state index contributed by atoms with van der Waals surface area (Å²) in [5.74, 6) is 0.205. The minimum Gasteiger partial charge on any atom is -0.492 e. The van der Waals surface area contributed by atoms with Crippen LogP contribution < -0.4 is 0 Å². The Balaban J connectivity index is 1.95. The molecule has 1 aromatic carbocycles. The fourth-order valence-corrected chi connectivity index (χ4v) is 2.70. The third-order valence-corrected chi connectivity index (χ3v) is 4.15. The number of nitrogens with zero attached hydrogens (tertiary/aromatic N) is 6. The van der Waals surface area contributed by atoms with Gasteiger partial charge in [0.05, 0.1) is 24.5 Å². The summed E-state index contributed by atoms with van der Waals surface area (Å²) in [7, 11) is 0. The number of aliphatic imine (C=N–C) groups is 1. The number of para-hydroxylation sites is 1. The molecule has 0 atom stereocenters. The van der Waals surface area contributed by atoms with Crippen molar-refractivity contribution < 1.29 is 5.11 Å². The highest BCUT2D eigenvalue weighted by Crippen LogP contribution is 2.35. The van der Waals surface area contributed by atoms with Gasteiger partial charge >= 0.3 is 0 Å². The van der Waals surface area contributed by atoms with E-state index in [2.05, 4.69) is 25.2 Å². The maximum absolute atomic E-state index is 10.5. The number of rotatable bonds is 2. The van der Waals surface area contributed by atoms with E-state index in [0.717, 1.165) is 11.3 Å². The fraction of sp³-hybridized carbons (Fsp3) is 0.316. The smallest absolute Gasteiger partial charge is 0.243 e. The number of hydrogen-bond acceptors (Lipinski definition) is 5. The van der Waals surface area contributed by atoms with E-state index in [1.165, 1.54) is 4.68 Å². The highest BCUT2D eigenvalue weighted by molar-refractivity contribution is 6.03. The van der Waals surface area contributed by atoms with Crippen LogP contribution in [0, 0.1) is 18.9 Å². The first-order valence-corrected chi connectivity index (χ1v) is 8.24. The summed E-state index contributed by atoms with van der Waals surface area (Å²) < 4.78 is 1.41. The summed E-state index contributed by atoms with van der Waals surface area (Å²) in [6, 6.07) is 9.29. The Hall–Kier alpha value is -3.27. The molecule has 0 unspecified atom stereocenters. The molecular formula is C19H20N6O.